The highest BCUT2D eigenvalue weighted by Gasteiger charge is 2.14. The first-order valence-electron chi connectivity index (χ1n) is 6.74. The summed E-state index contributed by atoms with van der Waals surface area (Å²) in [6.07, 6.45) is 3.87. The highest BCUT2D eigenvalue weighted by Crippen LogP contribution is 2.19. The molecule has 0 fully saturated rings. The summed E-state index contributed by atoms with van der Waals surface area (Å²) in [5.41, 5.74) is 3.92. The van der Waals surface area contributed by atoms with Crippen LogP contribution in [0.1, 0.15) is 23.2 Å². The highest BCUT2D eigenvalue weighted by atomic mass is 16.3. The number of benzene rings is 1. The van der Waals surface area contributed by atoms with E-state index in [0.29, 0.717) is 0 Å². The molecule has 98 valence electrons. The molecule has 0 atom stereocenters. The second-order valence-electron chi connectivity index (χ2n) is 5.09. The van der Waals surface area contributed by atoms with Crippen molar-refractivity contribution in [3.63, 3.8) is 0 Å². The summed E-state index contributed by atoms with van der Waals surface area (Å²) in [4.78, 5) is 6.69. The number of aryl methyl sites for hydroxylation is 1. The van der Waals surface area contributed by atoms with Gasteiger partial charge in [0.1, 0.15) is 5.75 Å². The van der Waals surface area contributed by atoms with Gasteiger partial charge in [-0.05, 0) is 42.6 Å². The van der Waals surface area contributed by atoms with Gasteiger partial charge in [0.25, 0.3) is 0 Å². The van der Waals surface area contributed by atoms with Crippen LogP contribution < -0.4 is 0 Å². The Morgan fingerprint density at radius 2 is 1.95 bits per heavy atom. The summed E-state index contributed by atoms with van der Waals surface area (Å²) in [5.74, 6) is 0.227. The summed E-state index contributed by atoms with van der Waals surface area (Å²) in [6, 6.07) is 12.3. The van der Waals surface area contributed by atoms with Gasteiger partial charge in [0.2, 0.25) is 0 Å². The van der Waals surface area contributed by atoms with Crippen LogP contribution in [0.15, 0.2) is 42.6 Å². The first kappa shape index (κ1) is 12.2. The molecule has 1 aromatic heterocycles. The number of pyridine rings is 1. The van der Waals surface area contributed by atoms with Crippen molar-refractivity contribution >= 4 is 0 Å². The van der Waals surface area contributed by atoms with E-state index in [-0.39, 0.29) is 5.75 Å². The maximum atomic E-state index is 9.26. The van der Waals surface area contributed by atoms with E-state index in [0.717, 1.165) is 31.7 Å². The quantitative estimate of drug-likeness (QED) is 0.895. The van der Waals surface area contributed by atoms with E-state index in [1.54, 1.807) is 6.07 Å². The molecule has 0 bridgehead atoms. The molecule has 3 rings (SSSR count). The lowest BCUT2D eigenvalue weighted by molar-refractivity contribution is 0.258. The van der Waals surface area contributed by atoms with Gasteiger partial charge in [-0.2, -0.15) is 0 Å². The molecule has 0 saturated heterocycles. The van der Waals surface area contributed by atoms with Gasteiger partial charge in [0.05, 0.1) is 11.9 Å². The molecule has 1 N–H and O–H groups in total. The van der Waals surface area contributed by atoms with Crippen molar-refractivity contribution in [2.24, 2.45) is 0 Å². The van der Waals surface area contributed by atoms with Crippen molar-refractivity contribution < 1.29 is 5.11 Å². The molecule has 0 saturated carbocycles. The molecule has 2 aromatic rings. The Labute approximate surface area is 113 Å². The third-order valence-electron chi connectivity index (χ3n) is 3.63. The Balaban J connectivity index is 1.74. The zero-order valence-electron chi connectivity index (χ0n) is 10.9. The first-order chi connectivity index (χ1) is 9.31. The van der Waals surface area contributed by atoms with E-state index in [1.807, 2.05) is 6.07 Å². The Kier molecular flexibility index (Phi) is 3.47. The Hall–Kier alpha value is -1.87. The number of aromatic hydroxyl groups is 1. The number of hydrogen-bond donors (Lipinski definition) is 1. The predicted molar refractivity (Wildman–Crippen MR) is 74.8 cm³/mol. The molecule has 3 heteroatoms. The van der Waals surface area contributed by atoms with E-state index >= 15 is 0 Å². The SMILES string of the molecule is Oc1ccc(CN2CCCc3ccccc3C2)nc1. The molecule has 0 radical (unpaired) electrons. The van der Waals surface area contributed by atoms with Crippen LogP contribution in [0.4, 0.5) is 0 Å². The number of hydrogen-bond acceptors (Lipinski definition) is 3. The normalized spacial score (nSPS) is 15.8. The van der Waals surface area contributed by atoms with Crippen LogP contribution in [0.2, 0.25) is 0 Å². The number of nitrogens with zero attached hydrogens (tertiary/aromatic N) is 2. The highest BCUT2D eigenvalue weighted by molar-refractivity contribution is 5.28. The largest absolute Gasteiger partial charge is 0.506 e. The van der Waals surface area contributed by atoms with Gasteiger partial charge in [-0.15, -0.1) is 0 Å². The number of aromatic nitrogens is 1. The molecular formula is C16H18N2O. The standard InChI is InChI=1S/C16H18N2O/c19-16-8-7-15(17-10-16)12-18-9-3-6-13-4-1-2-5-14(13)11-18/h1-2,4-5,7-8,10,19H,3,6,9,11-12H2. The zero-order chi connectivity index (χ0) is 13.1. The second-order valence-corrected chi connectivity index (χ2v) is 5.09. The van der Waals surface area contributed by atoms with Crippen LogP contribution in [0, 0.1) is 0 Å². The Morgan fingerprint density at radius 3 is 2.74 bits per heavy atom. The van der Waals surface area contributed by atoms with E-state index in [1.165, 1.54) is 23.7 Å². The fourth-order valence-corrected chi connectivity index (χ4v) is 2.64. The van der Waals surface area contributed by atoms with Crippen molar-refractivity contribution in [3.05, 3.63) is 59.4 Å². The van der Waals surface area contributed by atoms with E-state index in [4.69, 9.17) is 0 Å². The van der Waals surface area contributed by atoms with Gasteiger partial charge in [-0.25, -0.2) is 0 Å². The second kappa shape index (κ2) is 5.41. The minimum absolute atomic E-state index is 0.227. The summed E-state index contributed by atoms with van der Waals surface area (Å²) in [6.45, 7) is 2.92. The van der Waals surface area contributed by atoms with Gasteiger partial charge < -0.3 is 5.11 Å². The smallest absolute Gasteiger partial charge is 0.133 e. The van der Waals surface area contributed by atoms with E-state index in [9.17, 15) is 5.11 Å². The van der Waals surface area contributed by atoms with Crippen molar-refractivity contribution in [2.75, 3.05) is 6.54 Å². The van der Waals surface area contributed by atoms with Gasteiger partial charge in [-0.3, -0.25) is 9.88 Å². The van der Waals surface area contributed by atoms with Crippen LogP contribution >= 0.6 is 0 Å². The molecule has 0 unspecified atom stereocenters. The molecular weight excluding hydrogens is 236 g/mol. The third-order valence-corrected chi connectivity index (χ3v) is 3.63. The average Bonchev–Trinajstić information content (AvgIpc) is 2.63. The fraction of sp³-hybridized carbons (Fsp3) is 0.312. The summed E-state index contributed by atoms with van der Waals surface area (Å²) >= 11 is 0. The molecule has 2 heterocycles. The summed E-state index contributed by atoms with van der Waals surface area (Å²) in [5, 5.41) is 9.26. The minimum Gasteiger partial charge on any atom is -0.506 e. The van der Waals surface area contributed by atoms with Crippen molar-refractivity contribution in [3.8, 4) is 5.75 Å². The molecule has 1 aliphatic heterocycles. The molecule has 1 aliphatic rings. The third kappa shape index (κ3) is 2.93. The van der Waals surface area contributed by atoms with Gasteiger partial charge in [-0.1, -0.05) is 24.3 Å². The predicted octanol–water partition coefficient (Wildman–Crippen LogP) is 2.74. The maximum Gasteiger partial charge on any atom is 0.133 e. The molecule has 3 nitrogen and oxygen atoms in total. The van der Waals surface area contributed by atoms with Crippen LogP contribution in [0.5, 0.6) is 5.75 Å². The number of fused-ring (bicyclic) bond motifs is 1. The summed E-state index contributed by atoms with van der Waals surface area (Å²) < 4.78 is 0. The minimum atomic E-state index is 0.227. The van der Waals surface area contributed by atoms with Crippen molar-refractivity contribution in [2.45, 2.75) is 25.9 Å². The van der Waals surface area contributed by atoms with Gasteiger partial charge in [0.15, 0.2) is 0 Å². The summed E-state index contributed by atoms with van der Waals surface area (Å²) in [7, 11) is 0. The van der Waals surface area contributed by atoms with Gasteiger partial charge >= 0.3 is 0 Å². The molecule has 19 heavy (non-hydrogen) atoms. The Morgan fingerprint density at radius 1 is 1.11 bits per heavy atom. The van der Waals surface area contributed by atoms with E-state index in [2.05, 4.69) is 34.1 Å². The lowest BCUT2D eigenvalue weighted by Gasteiger charge is -2.19. The zero-order valence-corrected chi connectivity index (χ0v) is 10.9. The van der Waals surface area contributed by atoms with Crippen molar-refractivity contribution in [1.29, 1.82) is 0 Å². The topological polar surface area (TPSA) is 36.4 Å². The van der Waals surface area contributed by atoms with Crippen LogP contribution in [-0.2, 0) is 19.5 Å². The lowest BCUT2D eigenvalue weighted by Crippen LogP contribution is -2.23. The first-order valence-corrected chi connectivity index (χ1v) is 6.74. The Bertz CT molecular complexity index is 551. The molecule has 0 aliphatic carbocycles. The fourth-order valence-electron chi connectivity index (χ4n) is 2.64. The molecule has 0 amide bonds. The van der Waals surface area contributed by atoms with Crippen LogP contribution in [0.3, 0.4) is 0 Å². The number of rotatable bonds is 2. The van der Waals surface area contributed by atoms with Gasteiger partial charge in [0, 0.05) is 13.1 Å². The van der Waals surface area contributed by atoms with Crippen LogP contribution in [-0.4, -0.2) is 21.5 Å². The van der Waals surface area contributed by atoms with Crippen molar-refractivity contribution in [1.82, 2.24) is 9.88 Å². The van der Waals surface area contributed by atoms with Crippen LogP contribution in [0.25, 0.3) is 0 Å². The average molecular weight is 254 g/mol. The lowest BCUT2D eigenvalue weighted by atomic mass is 10.0. The molecule has 1 aromatic carbocycles. The van der Waals surface area contributed by atoms with E-state index < -0.39 is 0 Å². The maximum absolute atomic E-state index is 9.26. The molecule has 0 spiro atoms. The monoisotopic (exact) mass is 254 g/mol.